The molecule has 1 aromatic heterocycles. The zero-order chi connectivity index (χ0) is 16.6. The Hall–Kier alpha value is -1.82. The Kier molecular flexibility index (Phi) is 4.43. The predicted molar refractivity (Wildman–Crippen MR) is 86.0 cm³/mol. The predicted octanol–water partition coefficient (Wildman–Crippen LogP) is 1.28. The Bertz CT molecular complexity index is 610. The number of hydrogen-bond donors (Lipinski definition) is 2. The Morgan fingerprint density at radius 3 is 2.61 bits per heavy atom. The third-order valence-electron chi connectivity index (χ3n) is 5.34. The molecule has 1 saturated heterocycles. The fourth-order valence-corrected chi connectivity index (χ4v) is 4.14. The lowest BCUT2D eigenvalue weighted by Crippen LogP contribution is -2.45. The minimum absolute atomic E-state index is 0.0692. The molecule has 126 valence electrons. The second-order valence-corrected chi connectivity index (χ2v) is 6.81. The SMILES string of the molecule is Cn1cc(C(N)=O)cc1C(=O)N1CCC[C@@H]1[C@@H]1CCCC[C@@H]1O. The molecule has 1 aromatic rings. The van der Waals surface area contributed by atoms with Gasteiger partial charge < -0.3 is 20.3 Å². The van der Waals surface area contributed by atoms with E-state index in [9.17, 15) is 14.7 Å². The van der Waals surface area contributed by atoms with Crippen molar-refractivity contribution in [1.29, 1.82) is 0 Å². The van der Waals surface area contributed by atoms with Crippen LogP contribution in [-0.2, 0) is 7.05 Å². The molecule has 2 heterocycles. The third kappa shape index (κ3) is 3.00. The first-order valence-corrected chi connectivity index (χ1v) is 8.44. The van der Waals surface area contributed by atoms with Crippen LogP contribution in [0.4, 0.5) is 0 Å². The van der Waals surface area contributed by atoms with Crippen LogP contribution in [0.25, 0.3) is 0 Å². The van der Waals surface area contributed by atoms with Crippen molar-refractivity contribution in [3.8, 4) is 0 Å². The van der Waals surface area contributed by atoms with Crippen molar-refractivity contribution in [2.24, 2.45) is 18.7 Å². The number of carbonyl (C=O) groups excluding carboxylic acids is 2. The van der Waals surface area contributed by atoms with E-state index in [-0.39, 0.29) is 24.0 Å². The van der Waals surface area contributed by atoms with E-state index in [0.717, 1.165) is 38.5 Å². The number of amides is 2. The lowest BCUT2D eigenvalue weighted by Gasteiger charge is -2.37. The second kappa shape index (κ2) is 6.35. The molecule has 0 spiro atoms. The number of aliphatic hydroxyl groups is 1. The van der Waals surface area contributed by atoms with Gasteiger partial charge in [0.25, 0.3) is 5.91 Å². The Morgan fingerprint density at radius 1 is 1.22 bits per heavy atom. The topological polar surface area (TPSA) is 88.6 Å². The first-order valence-electron chi connectivity index (χ1n) is 8.44. The number of aliphatic hydroxyl groups excluding tert-OH is 1. The third-order valence-corrected chi connectivity index (χ3v) is 5.34. The standard InChI is InChI=1S/C17H25N3O3/c1-19-10-11(16(18)22)9-14(19)17(23)20-8-4-6-13(20)12-5-2-3-7-15(12)21/h9-10,12-13,15,21H,2-8H2,1H3,(H2,18,22)/t12-,13+,15-/m0/s1. The Labute approximate surface area is 136 Å². The first-order chi connectivity index (χ1) is 11.0. The number of aromatic nitrogens is 1. The van der Waals surface area contributed by atoms with E-state index in [2.05, 4.69) is 0 Å². The lowest BCUT2D eigenvalue weighted by atomic mass is 9.80. The van der Waals surface area contributed by atoms with Crippen LogP contribution in [0.5, 0.6) is 0 Å². The average Bonchev–Trinajstić information content (AvgIpc) is 3.14. The van der Waals surface area contributed by atoms with Crippen molar-refractivity contribution in [1.82, 2.24) is 9.47 Å². The highest BCUT2D eigenvalue weighted by atomic mass is 16.3. The van der Waals surface area contributed by atoms with Crippen LogP contribution in [0.15, 0.2) is 12.3 Å². The second-order valence-electron chi connectivity index (χ2n) is 6.81. The quantitative estimate of drug-likeness (QED) is 0.879. The molecule has 2 aliphatic rings. The molecule has 0 unspecified atom stereocenters. The highest BCUT2D eigenvalue weighted by Crippen LogP contribution is 2.35. The van der Waals surface area contributed by atoms with Gasteiger partial charge in [0.15, 0.2) is 0 Å². The maximum Gasteiger partial charge on any atom is 0.270 e. The summed E-state index contributed by atoms with van der Waals surface area (Å²) >= 11 is 0. The van der Waals surface area contributed by atoms with Crippen LogP contribution in [0, 0.1) is 5.92 Å². The van der Waals surface area contributed by atoms with E-state index in [1.54, 1.807) is 23.9 Å². The van der Waals surface area contributed by atoms with Gasteiger partial charge in [0, 0.05) is 31.7 Å². The molecule has 6 nitrogen and oxygen atoms in total. The van der Waals surface area contributed by atoms with E-state index in [0.29, 0.717) is 17.8 Å². The van der Waals surface area contributed by atoms with Crippen molar-refractivity contribution >= 4 is 11.8 Å². The van der Waals surface area contributed by atoms with Crippen LogP contribution in [-0.4, -0.2) is 45.1 Å². The monoisotopic (exact) mass is 319 g/mol. The number of nitrogens with zero attached hydrogens (tertiary/aromatic N) is 2. The molecule has 6 heteroatoms. The number of primary amides is 1. The Balaban J connectivity index is 1.82. The fraction of sp³-hybridized carbons (Fsp3) is 0.647. The van der Waals surface area contributed by atoms with Gasteiger partial charge in [-0.3, -0.25) is 9.59 Å². The van der Waals surface area contributed by atoms with E-state index < -0.39 is 5.91 Å². The summed E-state index contributed by atoms with van der Waals surface area (Å²) in [5.41, 5.74) is 6.14. The molecule has 3 atom stereocenters. The summed E-state index contributed by atoms with van der Waals surface area (Å²) in [5.74, 6) is -0.424. The van der Waals surface area contributed by atoms with Crippen molar-refractivity contribution < 1.29 is 14.7 Å². The minimum Gasteiger partial charge on any atom is -0.393 e. The van der Waals surface area contributed by atoms with E-state index in [4.69, 9.17) is 5.73 Å². The molecule has 3 N–H and O–H groups in total. The number of likely N-dealkylation sites (tertiary alicyclic amines) is 1. The summed E-state index contributed by atoms with van der Waals surface area (Å²) in [6.07, 6.45) is 7.20. The van der Waals surface area contributed by atoms with Crippen LogP contribution in [0.2, 0.25) is 0 Å². The molecule has 3 rings (SSSR count). The lowest BCUT2D eigenvalue weighted by molar-refractivity contribution is 0.0208. The normalized spacial score (nSPS) is 28.1. The number of hydrogen-bond acceptors (Lipinski definition) is 3. The van der Waals surface area contributed by atoms with Gasteiger partial charge in [0.2, 0.25) is 5.91 Å². The highest BCUT2D eigenvalue weighted by molar-refractivity contribution is 5.99. The summed E-state index contributed by atoms with van der Waals surface area (Å²) in [6.45, 7) is 0.712. The summed E-state index contributed by atoms with van der Waals surface area (Å²) in [5, 5.41) is 10.3. The van der Waals surface area contributed by atoms with Gasteiger partial charge >= 0.3 is 0 Å². The number of carbonyl (C=O) groups is 2. The average molecular weight is 319 g/mol. The molecular formula is C17H25N3O3. The van der Waals surface area contributed by atoms with Crippen LogP contribution in [0.3, 0.4) is 0 Å². The number of aryl methyl sites for hydroxylation is 1. The van der Waals surface area contributed by atoms with Crippen molar-refractivity contribution in [3.05, 3.63) is 23.5 Å². The van der Waals surface area contributed by atoms with Gasteiger partial charge in [-0.15, -0.1) is 0 Å². The minimum atomic E-state index is -0.527. The van der Waals surface area contributed by atoms with E-state index in [1.807, 2.05) is 4.90 Å². The van der Waals surface area contributed by atoms with Crippen molar-refractivity contribution in [2.75, 3.05) is 6.54 Å². The van der Waals surface area contributed by atoms with Gasteiger partial charge in [0.05, 0.1) is 11.7 Å². The van der Waals surface area contributed by atoms with Gasteiger partial charge in [-0.2, -0.15) is 0 Å². The van der Waals surface area contributed by atoms with Crippen LogP contribution in [0.1, 0.15) is 59.4 Å². The first kappa shape index (κ1) is 16.1. The van der Waals surface area contributed by atoms with E-state index >= 15 is 0 Å². The smallest absolute Gasteiger partial charge is 0.270 e. The molecule has 0 radical (unpaired) electrons. The molecular weight excluding hydrogens is 294 g/mol. The molecule has 2 fully saturated rings. The fourth-order valence-electron chi connectivity index (χ4n) is 4.14. The summed E-state index contributed by atoms with van der Waals surface area (Å²) in [7, 11) is 1.75. The summed E-state index contributed by atoms with van der Waals surface area (Å²) in [6, 6.07) is 1.67. The van der Waals surface area contributed by atoms with Crippen LogP contribution < -0.4 is 5.73 Å². The zero-order valence-electron chi connectivity index (χ0n) is 13.6. The van der Waals surface area contributed by atoms with Gasteiger partial charge in [-0.1, -0.05) is 12.8 Å². The van der Waals surface area contributed by atoms with E-state index in [1.165, 1.54) is 0 Å². The molecule has 1 saturated carbocycles. The molecule has 0 aromatic carbocycles. The molecule has 1 aliphatic heterocycles. The van der Waals surface area contributed by atoms with Gasteiger partial charge in [0.1, 0.15) is 5.69 Å². The summed E-state index contributed by atoms with van der Waals surface area (Å²) in [4.78, 5) is 26.1. The molecule has 0 bridgehead atoms. The number of nitrogens with two attached hydrogens (primary N) is 1. The van der Waals surface area contributed by atoms with Gasteiger partial charge in [-0.25, -0.2) is 0 Å². The maximum absolute atomic E-state index is 12.9. The largest absolute Gasteiger partial charge is 0.393 e. The Morgan fingerprint density at radius 2 is 1.96 bits per heavy atom. The summed E-state index contributed by atoms with van der Waals surface area (Å²) < 4.78 is 1.66. The maximum atomic E-state index is 12.9. The highest BCUT2D eigenvalue weighted by Gasteiger charge is 2.39. The van der Waals surface area contributed by atoms with Crippen molar-refractivity contribution in [3.63, 3.8) is 0 Å². The zero-order valence-corrected chi connectivity index (χ0v) is 13.6. The van der Waals surface area contributed by atoms with Crippen molar-refractivity contribution in [2.45, 2.75) is 50.7 Å². The molecule has 23 heavy (non-hydrogen) atoms. The van der Waals surface area contributed by atoms with Crippen LogP contribution >= 0.6 is 0 Å². The number of rotatable bonds is 3. The molecule has 1 aliphatic carbocycles. The molecule has 2 amide bonds. The van der Waals surface area contributed by atoms with Gasteiger partial charge in [-0.05, 0) is 31.7 Å².